The maximum atomic E-state index is 12.3. The number of nitriles is 1. The zero-order valence-electron chi connectivity index (χ0n) is 18.0. The van der Waals surface area contributed by atoms with Crippen molar-refractivity contribution in [1.29, 1.82) is 5.26 Å². The van der Waals surface area contributed by atoms with E-state index in [4.69, 9.17) is 20.5 Å². The zero-order valence-corrected chi connectivity index (χ0v) is 18.0. The number of nitrogen functional groups attached to an aromatic ring is 1. The number of rotatable bonds is 6. The molecule has 4 rings (SSSR count). The predicted molar refractivity (Wildman–Crippen MR) is 123 cm³/mol. The standard InChI is InChI=1S/C25H23N5O3/c1-17(14-26)25(31)30-13-5-8-21(15-30)33-24-22(23(27)28-16-29-24)18-9-11-20(12-10-18)32-19-6-3-2-4-7-19/h2-4,6-7,9-12,16,21H,1,5,8,13,15H2,(H2,27,28,29). The second-order valence-corrected chi connectivity index (χ2v) is 7.60. The number of piperidine rings is 1. The van der Waals surface area contributed by atoms with Crippen molar-refractivity contribution in [3.05, 3.63) is 73.1 Å². The molecular weight excluding hydrogens is 418 g/mol. The van der Waals surface area contributed by atoms with Crippen LogP contribution in [-0.4, -0.2) is 40.0 Å². The number of amides is 1. The highest BCUT2D eigenvalue weighted by atomic mass is 16.5. The minimum absolute atomic E-state index is 0.0829. The molecular formula is C25H23N5O3. The van der Waals surface area contributed by atoms with Crippen molar-refractivity contribution in [3.8, 4) is 34.6 Å². The monoisotopic (exact) mass is 441 g/mol. The molecule has 1 saturated heterocycles. The van der Waals surface area contributed by atoms with Crippen LogP contribution < -0.4 is 15.2 Å². The summed E-state index contributed by atoms with van der Waals surface area (Å²) >= 11 is 0. The van der Waals surface area contributed by atoms with E-state index in [9.17, 15) is 4.79 Å². The van der Waals surface area contributed by atoms with Gasteiger partial charge < -0.3 is 20.1 Å². The van der Waals surface area contributed by atoms with E-state index in [1.807, 2.05) is 60.7 Å². The number of para-hydroxylation sites is 1. The Morgan fingerprint density at radius 2 is 1.85 bits per heavy atom. The molecule has 0 aliphatic carbocycles. The molecule has 2 aromatic carbocycles. The SMILES string of the molecule is C=C(C#N)C(=O)N1CCCC(Oc2ncnc(N)c2-c2ccc(Oc3ccccc3)cc2)C1. The Hall–Kier alpha value is -4.38. The lowest BCUT2D eigenvalue weighted by Gasteiger charge is -2.32. The highest BCUT2D eigenvalue weighted by Crippen LogP contribution is 2.35. The molecule has 1 aromatic heterocycles. The minimum atomic E-state index is -0.373. The molecule has 1 atom stereocenters. The van der Waals surface area contributed by atoms with Crippen LogP contribution in [0.2, 0.25) is 0 Å². The summed E-state index contributed by atoms with van der Waals surface area (Å²) in [5.41, 5.74) is 7.46. The summed E-state index contributed by atoms with van der Waals surface area (Å²) in [6, 6.07) is 18.7. The van der Waals surface area contributed by atoms with Crippen molar-refractivity contribution < 1.29 is 14.3 Å². The molecule has 1 fully saturated rings. The summed E-state index contributed by atoms with van der Waals surface area (Å²) in [5, 5.41) is 8.96. The number of hydrogen-bond donors (Lipinski definition) is 1. The number of nitrogens with zero attached hydrogens (tertiary/aromatic N) is 4. The summed E-state index contributed by atoms with van der Waals surface area (Å²) in [4.78, 5) is 22.3. The highest BCUT2D eigenvalue weighted by molar-refractivity contribution is 5.96. The van der Waals surface area contributed by atoms with E-state index in [2.05, 4.69) is 16.5 Å². The lowest BCUT2D eigenvalue weighted by Crippen LogP contribution is -2.44. The number of nitrogens with two attached hydrogens (primary N) is 1. The van der Waals surface area contributed by atoms with Gasteiger partial charge in [-0.25, -0.2) is 9.97 Å². The molecule has 1 unspecified atom stereocenters. The molecule has 2 N–H and O–H groups in total. The summed E-state index contributed by atoms with van der Waals surface area (Å²) < 4.78 is 12.0. The number of aromatic nitrogens is 2. The van der Waals surface area contributed by atoms with Gasteiger partial charge in [0, 0.05) is 6.54 Å². The van der Waals surface area contributed by atoms with Gasteiger partial charge in [0.1, 0.15) is 41.4 Å². The number of carbonyl (C=O) groups excluding carboxylic acids is 1. The molecule has 8 nitrogen and oxygen atoms in total. The lowest BCUT2D eigenvalue weighted by molar-refractivity contribution is -0.129. The first-order valence-electron chi connectivity index (χ1n) is 10.5. The van der Waals surface area contributed by atoms with Crippen LogP contribution in [0.4, 0.5) is 5.82 Å². The van der Waals surface area contributed by atoms with Crippen LogP contribution in [0.15, 0.2) is 73.1 Å². The molecule has 0 radical (unpaired) electrons. The predicted octanol–water partition coefficient (Wildman–Crippen LogP) is 3.97. The van der Waals surface area contributed by atoms with Crippen LogP contribution in [-0.2, 0) is 4.79 Å². The van der Waals surface area contributed by atoms with Gasteiger partial charge in [0.25, 0.3) is 5.91 Å². The fourth-order valence-corrected chi connectivity index (χ4v) is 3.67. The number of hydrogen-bond acceptors (Lipinski definition) is 7. The zero-order chi connectivity index (χ0) is 23.2. The third-order valence-electron chi connectivity index (χ3n) is 5.30. The normalized spacial score (nSPS) is 15.4. The van der Waals surface area contributed by atoms with Crippen LogP contribution in [0, 0.1) is 11.3 Å². The smallest absolute Gasteiger partial charge is 0.264 e. The Bertz CT molecular complexity index is 1190. The molecule has 2 heterocycles. The first-order chi connectivity index (χ1) is 16.0. The van der Waals surface area contributed by atoms with E-state index in [1.165, 1.54) is 6.33 Å². The second kappa shape index (κ2) is 9.83. The first-order valence-corrected chi connectivity index (χ1v) is 10.5. The number of likely N-dealkylation sites (tertiary alicyclic amines) is 1. The van der Waals surface area contributed by atoms with Crippen LogP contribution >= 0.6 is 0 Å². The van der Waals surface area contributed by atoms with Crippen molar-refractivity contribution in [2.24, 2.45) is 0 Å². The molecule has 1 aliphatic heterocycles. The number of anilines is 1. The van der Waals surface area contributed by atoms with E-state index >= 15 is 0 Å². The van der Waals surface area contributed by atoms with Gasteiger partial charge >= 0.3 is 0 Å². The van der Waals surface area contributed by atoms with Gasteiger partial charge in [0.15, 0.2) is 0 Å². The van der Waals surface area contributed by atoms with Crippen LogP contribution in [0.25, 0.3) is 11.1 Å². The van der Waals surface area contributed by atoms with Crippen LogP contribution in [0.3, 0.4) is 0 Å². The molecule has 8 heteroatoms. The number of carbonyl (C=O) groups is 1. The van der Waals surface area contributed by atoms with Crippen LogP contribution in [0.1, 0.15) is 12.8 Å². The third kappa shape index (κ3) is 5.10. The third-order valence-corrected chi connectivity index (χ3v) is 5.30. The number of benzene rings is 2. The van der Waals surface area contributed by atoms with Gasteiger partial charge in [-0.3, -0.25) is 4.79 Å². The molecule has 33 heavy (non-hydrogen) atoms. The topological polar surface area (TPSA) is 114 Å². The van der Waals surface area contributed by atoms with E-state index in [0.717, 1.165) is 24.2 Å². The molecule has 1 amide bonds. The van der Waals surface area contributed by atoms with Gasteiger partial charge in [-0.05, 0) is 42.7 Å². The first kappa shape index (κ1) is 21.8. The summed E-state index contributed by atoms with van der Waals surface area (Å²) in [7, 11) is 0. The van der Waals surface area contributed by atoms with Crippen LogP contribution in [0.5, 0.6) is 17.4 Å². The summed E-state index contributed by atoms with van der Waals surface area (Å²) in [6.45, 7) is 4.41. The van der Waals surface area contributed by atoms with Gasteiger partial charge in [-0.1, -0.05) is 36.9 Å². The minimum Gasteiger partial charge on any atom is -0.472 e. The molecule has 1 aliphatic rings. The molecule has 3 aromatic rings. The van der Waals surface area contributed by atoms with E-state index in [1.54, 1.807) is 4.90 Å². The van der Waals surface area contributed by atoms with Crippen molar-refractivity contribution >= 4 is 11.7 Å². The Morgan fingerprint density at radius 1 is 1.12 bits per heavy atom. The second-order valence-electron chi connectivity index (χ2n) is 7.60. The van der Waals surface area contributed by atoms with E-state index in [-0.39, 0.29) is 17.6 Å². The Balaban J connectivity index is 1.52. The highest BCUT2D eigenvalue weighted by Gasteiger charge is 2.27. The Labute approximate surface area is 191 Å². The average Bonchev–Trinajstić information content (AvgIpc) is 2.85. The molecule has 166 valence electrons. The maximum absolute atomic E-state index is 12.3. The largest absolute Gasteiger partial charge is 0.472 e. The van der Waals surface area contributed by atoms with Crippen molar-refractivity contribution in [1.82, 2.24) is 14.9 Å². The summed E-state index contributed by atoms with van der Waals surface area (Å²) in [6.07, 6.45) is 2.56. The Morgan fingerprint density at radius 3 is 2.58 bits per heavy atom. The van der Waals surface area contributed by atoms with Crippen molar-refractivity contribution in [2.75, 3.05) is 18.8 Å². The molecule has 0 spiro atoms. The fraction of sp³-hybridized carbons (Fsp3) is 0.200. The quantitative estimate of drug-likeness (QED) is 0.455. The average molecular weight is 441 g/mol. The fourth-order valence-electron chi connectivity index (χ4n) is 3.67. The number of ether oxygens (including phenoxy) is 2. The van der Waals surface area contributed by atoms with Gasteiger partial charge in [0.05, 0.1) is 12.1 Å². The summed E-state index contributed by atoms with van der Waals surface area (Å²) in [5.74, 6) is 1.69. The van der Waals surface area contributed by atoms with Gasteiger partial charge in [-0.15, -0.1) is 0 Å². The molecule has 0 saturated carbocycles. The van der Waals surface area contributed by atoms with Crippen molar-refractivity contribution in [2.45, 2.75) is 18.9 Å². The van der Waals surface area contributed by atoms with E-state index < -0.39 is 0 Å². The lowest BCUT2D eigenvalue weighted by atomic mass is 10.1. The van der Waals surface area contributed by atoms with E-state index in [0.29, 0.717) is 36.1 Å². The van der Waals surface area contributed by atoms with Gasteiger partial charge in [-0.2, -0.15) is 5.26 Å². The maximum Gasteiger partial charge on any atom is 0.264 e. The van der Waals surface area contributed by atoms with Crippen molar-refractivity contribution in [3.63, 3.8) is 0 Å². The van der Waals surface area contributed by atoms with Gasteiger partial charge in [0.2, 0.25) is 5.88 Å². The molecule has 0 bridgehead atoms. The Kier molecular flexibility index (Phi) is 6.51.